The summed E-state index contributed by atoms with van der Waals surface area (Å²) in [4.78, 5) is 13.5. The van der Waals surface area contributed by atoms with Crippen molar-refractivity contribution in [2.75, 3.05) is 37.7 Å². The summed E-state index contributed by atoms with van der Waals surface area (Å²) in [6.45, 7) is 5.94. The molecular weight excluding hydrogens is 268 g/mol. The van der Waals surface area contributed by atoms with E-state index in [1.165, 1.54) is 16.8 Å². The molecule has 0 amide bonds. The number of benzene rings is 1. The number of aryl methyl sites for hydroxylation is 1. The fraction of sp³-hybridized carbons (Fsp3) is 0.562. The van der Waals surface area contributed by atoms with Crippen LogP contribution in [0.2, 0.25) is 0 Å². The van der Waals surface area contributed by atoms with Gasteiger partial charge in [0, 0.05) is 31.4 Å². The highest BCUT2D eigenvalue weighted by Gasteiger charge is 2.32. The number of hydrogen-bond donors (Lipinski definition) is 2. The summed E-state index contributed by atoms with van der Waals surface area (Å²) in [6.07, 6.45) is 0.662. The zero-order valence-electron chi connectivity index (χ0n) is 12.3. The number of rotatable bonds is 3. The predicted molar refractivity (Wildman–Crippen MR) is 80.7 cm³/mol. The van der Waals surface area contributed by atoms with Gasteiger partial charge < -0.3 is 20.1 Å². The molecule has 0 radical (unpaired) electrons. The minimum Gasteiger partial charge on any atom is -0.481 e. The highest BCUT2D eigenvalue weighted by atomic mass is 16.5. The summed E-state index contributed by atoms with van der Waals surface area (Å²) in [6, 6.07) is 6.58. The summed E-state index contributed by atoms with van der Waals surface area (Å²) in [5.74, 6) is -0.987. The van der Waals surface area contributed by atoms with Gasteiger partial charge in [-0.2, -0.15) is 0 Å². The maximum atomic E-state index is 11.2. The Bertz CT molecular complexity index is 526. The van der Waals surface area contributed by atoms with Crippen molar-refractivity contribution in [2.45, 2.75) is 19.4 Å². The van der Waals surface area contributed by atoms with E-state index in [2.05, 4.69) is 35.3 Å². The minimum atomic E-state index is -0.704. The fourth-order valence-electron chi connectivity index (χ4n) is 3.19. The number of morpholine rings is 1. The van der Waals surface area contributed by atoms with E-state index in [-0.39, 0.29) is 12.0 Å². The number of carboxylic acids is 1. The van der Waals surface area contributed by atoms with Crippen LogP contribution in [0.1, 0.15) is 23.6 Å². The first kappa shape index (κ1) is 14.4. The number of nitrogens with zero attached hydrogens (tertiary/aromatic N) is 1. The Labute approximate surface area is 124 Å². The second kappa shape index (κ2) is 6.03. The van der Waals surface area contributed by atoms with E-state index in [0.29, 0.717) is 13.0 Å². The zero-order valence-corrected chi connectivity index (χ0v) is 12.3. The van der Waals surface area contributed by atoms with Crippen LogP contribution in [0, 0.1) is 12.8 Å². The lowest BCUT2D eigenvalue weighted by Crippen LogP contribution is -2.37. The second-order valence-electron chi connectivity index (χ2n) is 5.89. The maximum Gasteiger partial charge on any atom is 0.307 e. The molecule has 114 valence electrons. The van der Waals surface area contributed by atoms with Crippen molar-refractivity contribution in [3.8, 4) is 0 Å². The summed E-state index contributed by atoms with van der Waals surface area (Å²) in [5.41, 5.74) is 3.67. The molecule has 2 aliphatic rings. The molecule has 0 saturated carbocycles. The van der Waals surface area contributed by atoms with Gasteiger partial charge in [-0.15, -0.1) is 0 Å². The van der Waals surface area contributed by atoms with E-state index >= 15 is 0 Å². The summed E-state index contributed by atoms with van der Waals surface area (Å²) in [5, 5.41) is 12.5. The molecule has 5 heteroatoms. The van der Waals surface area contributed by atoms with E-state index in [4.69, 9.17) is 4.74 Å². The van der Waals surface area contributed by atoms with Crippen molar-refractivity contribution in [3.05, 3.63) is 29.3 Å². The van der Waals surface area contributed by atoms with Crippen LogP contribution in [0.15, 0.2) is 18.2 Å². The predicted octanol–water partition coefficient (Wildman–Crippen LogP) is 1.57. The molecule has 2 fully saturated rings. The van der Waals surface area contributed by atoms with Gasteiger partial charge in [0.1, 0.15) is 0 Å². The molecule has 0 aromatic heterocycles. The first-order chi connectivity index (χ1) is 10.1. The quantitative estimate of drug-likeness (QED) is 0.885. The molecule has 1 aromatic rings. The van der Waals surface area contributed by atoms with Crippen LogP contribution in [0.3, 0.4) is 0 Å². The fourth-order valence-corrected chi connectivity index (χ4v) is 3.19. The third-order valence-electron chi connectivity index (χ3n) is 4.39. The number of aliphatic carboxylic acids is 1. The van der Waals surface area contributed by atoms with Gasteiger partial charge >= 0.3 is 5.97 Å². The van der Waals surface area contributed by atoms with Crippen molar-refractivity contribution >= 4 is 11.7 Å². The Morgan fingerprint density at radius 1 is 1.38 bits per heavy atom. The third-order valence-corrected chi connectivity index (χ3v) is 4.39. The van der Waals surface area contributed by atoms with E-state index in [1.807, 2.05) is 0 Å². The normalized spacial score (nSPS) is 26.0. The van der Waals surface area contributed by atoms with Gasteiger partial charge in [-0.25, -0.2) is 0 Å². The van der Waals surface area contributed by atoms with Crippen LogP contribution >= 0.6 is 0 Å². The van der Waals surface area contributed by atoms with Gasteiger partial charge in [-0.3, -0.25) is 4.79 Å². The lowest BCUT2D eigenvalue weighted by molar-refractivity contribution is -0.141. The number of ether oxygens (including phenoxy) is 1. The van der Waals surface area contributed by atoms with Crippen molar-refractivity contribution in [2.24, 2.45) is 5.92 Å². The van der Waals surface area contributed by atoms with Crippen LogP contribution < -0.4 is 10.2 Å². The SMILES string of the molecule is Cc1ccc(C2CC(C(=O)O)CN2)c(N2CCOCC2)c1. The number of anilines is 1. The number of carbonyl (C=O) groups is 1. The van der Waals surface area contributed by atoms with Gasteiger partial charge in [0.2, 0.25) is 0 Å². The highest BCUT2D eigenvalue weighted by Crippen LogP contribution is 2.34. The minimum absolute atomic E-state index is 0.129. The first-order valence-corrected chi connectivity index (χ1v) is 7.54. The van der Waals surface area contributed by atoms with E-state index in [0.717, 1.165) is 26.3 Å². The molecule has 21 heavy (non-hydrogen) atoms. The van der Waals surface area contributed by atoms with Gasteiger partial charge in [0.05, 0.1) is 19.1 Å². The Kier molecular flexibility index (Phi) is 4.12. The van der Waals surface area contributed by atoms with E-state index in [9.17, 15) is 9.90 Å². The van der Waals surface area contributed by atoms with Crippen LogP contribution in [-0.2, 0) is 9.53 Å². The molecule has 0 spiro atoms. The molecule has 0 bridgehead atoms. The molecule has 2 aliphatic heterocycles. The highest BCUT2D eigenvalue weighted by molar-refractivity contribution is 5.71. The molecule has 2 N–H and O–H groups in total. The van der Waals surface area contributed by atoms with Crippen molar-refractivity contribution in [3.63, 3.8) is 0 Å². The van der Waals surface area contributed by atoms with Gasteiger partial charge in [-0.1, -0.05) is 12.1 Å². The first-order valence-electron chi connectivity index (χ1n) is 7.54. The van der Waals surface area contributed by atoms with Crippen LogP contribution in [0.4, 0.5) is 5.69 Å². The molecule has 2 unspecified atom stereocenters. The molecule has 2 heterocycles. The van der Waals surface area contributed by atoms with E-state index in [1.54, 1.807) is 0 Å². The van der Waals surface area contributed by atoms with Crippen LogP contribution in [0.5, 0.6) is 0 Å². The largest absolute Gasteiger partial charge is 0.481 e. The number of carboxylic acid groups (broad SMARTS) is 1. The second-order valence-corrected chi connectivity index (χ2v) is 5.89. The smallest absolute Gasteiger partial charge is 0.307 e. The molecule has 0 aliphatic carbocycles. The molecule has 2 atom stereocenters. The molecule has 2 saturated heterocycles. The molecule has 1 aromatic carbocycles. The van der Waals surface area contributed by atoms with Gasteiger partial charge in [0.25, 0.3) is 0 Å². The lowest BCUT2D eigenvalue weighted by Gasteiger charge is -2.32. The summed E-state index contributed by atoms with van der Waals surface area (Å²) < 4.78 is 5.43. The standard InChI is InChI=1S/C16H22N2O3/c1-11-2-3-13(14-9-12(10-17-14)16(19)20)15(8-11)18-4-6-21-7-5-18/h2-3,8,12,14,17H,4-7,9-10H2,1H3,(H,19,20). The summed E-state index contributed by atoms with van der Waals surface area (Å²) >= 11 is 0. The number of nitrogens with one attached hydrogen (secondary N) is 1. The van der Waals surface area contributed by atoms with Crippen molar-refractivity contribution in [1.82, 2.24) is 5.32 Å². The Morgan fingerprint density at radius 2 is 2.14 bits per heavy atom. The lowest BCUT2D eigenvalue weighted by atomic mass is 9.97. The topological polar surface area (TPSA) is 61.8 Å². The molecular formula is C16H22N2O3. The van der Waals surface area contributed by atoms with Crippen molar-refractivity contribution in [1.29, 1.82) is 0 Å². The molecule has 3 rings (SSSR count). The average Bonchev–Trinajstić information content (AvgIpc) is 2.98. The Hall–Kier alpha value is -1.59. The zero-order chi connectivity index (χ0) is 14.8. The Morgan fingerprint density at radius 3 is 2.81 bits per heavy atom. The monoisotopic (exact) mass is 290 g/mol. The molecule has 5 nitrogen and oxygen atoms in total. The van der Waals surface area contributed by atoms with E-state index < -0.39 is 5.97 Å². The summed E-state index contributed by atoms with van der Waals surface area (Å²) in [7, 11) is 0. The third kappa shape index (κ3) is 3.04. The van der Waals surface area contributed by atoms with Crippen LogP contribution in [-0.4, -0.2) is 43.9 Å². The number of hydrogen-bond acceptors (Lipinski definition) is 4. The Balaban J connectivity index is 1.86. The maximum absolute atomic E-state index is 11.2. The van der Waals surface area contributed by atoms with Gasteiger partial charge in [-0.05, 0) is 30.5 Å². The van der Waals surface area contributed by atoms with Gasteiger partial charge in [0.15, 0.2) is 0 Å². The van der Waals surface area contributed by atoms with Crippen molar-refractivity contribution < 1.29 is 14.6 Å². The van der Waals surface area contributed by atoms with Crippen LogP contribution in [0.25, 0.3) is 0 Å². The average molecular weight is 290 g/mol.